The highest BCUT2D eigenvalue weighted by Gasteiger charge is 2.27. The lowest BCUT2D eigenvalue weighted by molar-refractivity contribution is 0.420. The summed E-state index contributed by atoms with van der Waals surface area (Å²) < 4.78 is 2.46. The average molecular weight is 585 g/mol. The minimum Gasteiger partial charge on any atom is -0.321 e. The molecule has 3 aromatic heterocycles. The third kappa shape index (κ3) is 6.04. The molecular formula is C31H36N8S2. The van der Waals surface area contributed by atoms with E-state index < -0.39 is 0 Å². The third-order valence-corrected chi connectivity index (χ3v) is 9.36. The van der Waals surface area contributed by atoms with Gasteiger partial charge in [0.2, 0.25) is 5.82 Å². The molecular weight excluding hydrogens is 549 g/mol. The Balaban J connectivity index is 1.42. The number of benzene rings is 2. The number of tetrazole rings is 1. The molecule has 1 aliphatic rings. The molecule has 0 bridgehead atoms. The standard InChI is InChI=1S/C31H36N8S2/c1-19(2)40-30-26-27(31(36-35-30)41-20(3)4)39(29(32-26)23-10-6-5-7-11-23)18-21-14-16-22(17-15-21)24-12-8-9-13-25(24)28-33-37-38-34-28/h8-9,12-17,19-20,23H,5-7,10-11,18H2,1-4H3,(H,33,34,37,38). The summed E-state index contributed by atoms with van der Waals surface area (Å²) in [5, 5.41) is 26.9. The van der Waals surface area contributed by atoms with Gasteiger partial charge in [-0.15, -0.1) is 20.4 Å². The Labute approximate surface area is 249 Å². The number of hydrogen-bond donors (Lipinski definition) is 1. The smallest absolute Gasteiger partial charge is 0.205 e. The second-order valence-corrected chi connectivity index (χ2v) is 14.3. The highest BCUT2D eigenvalue weighted by atomic mass is 32.2. The number of hydrogen-bond acceptors (Lipinski definition) is 8. The van der Waals surface area contributed by atoms with Crippen LogP contribution in [0.1, 0.15) is 77.1 Å². The fraction of sp³-hybridized carbons (Fsp3) is 0.419. The summed E-state index contributed by atoms with van der Waals surface area (Å²) in [6.45, 7) is 9.57. The maximum Gasteiger partial charge on any atom is 0.205 e. The summed E-state index contributed by atoms with van der Waals surface area (Å²) in [6, 6.07) is 17.0. The molecule has 0 amide bonds. The number of nitrogens with zero attached hydrogens (tertiary/aromatic N) is 7. The first kappa shape index (κ1) is 27.9. The number of aromatic nitrogens is 8. The first-order valence-corrected chi connectivity index (χ1v) is 16.3. The highest BCUT2D eigenvalue weighted by molar-refractivity contribution is 8.00. The number of H-pyrrole nitrogens is 1. The maximum absolute atomic E-state index is 5.36. The fourth-order valence-corrected chi connectivity index (χ4v) is 7.28. The predicted octanol–water partition coefficient (Wildman–Crippen LogP) is 7.77. The van der Waals surface area contributed by atoms with E-state index in [1.807, 2.05) is 18.2 Å². The van der Waals surface area contributed by atoms with Crippen molar-refractivity contribution in [1.82, 2.24) is 40.4 Å². The molecule has 0 radical (unpaired) electrons. The van der Waals surface area contributed by atoms with E-state index in [-0.39, 0.29) is 0 Å². The Hall–Kier alpha value is -3.24. The minimum absolute atomic E-state index is 0.399. The molecule has 1 N–H and O–H groups in total. The number of rotatable bonds is 9. The molecule has 0 unspecified atom stereocenters. The Kier molecular flexibility index (Phi) is 8.39. The lowest BCUT2D eigenvalue weighted by Gasteiger charge is -2.22. The zero-order valence-corrected chi connectivity index (χ0v) is 25.7. The Morgan fingerprint density at radius 2 is 1.51 bits per heavy atom. The molecule has 0 saturated heterocycles. The quantitative estimate of drug-likeness (QED) is 0.175. The molecule has 212 valence electrons. The summed E-state index contributed by atoms with van der Waals surface area (Å²) in [6.07, 6.45) is 6.22. The monoisotopic (exact) mass is 584 g/mol. The van der Waals surface area contributed by atoms with Crippen molar-refractivity contribution >= 4 is 34.6 Å². The van der Waals surface area contributed by atoms with E-state index >= 15 is 0 Å². The van der Waals surface area contributed by atoms with Crippen molar-refractivity contribution in [2.75, 3.05) is 0 Å². The van der Waals surface area contributed by atoms with Gasteiger partial charge in [-0.2, -0.15) is 5.21 Å². The normalized spacial score (nSPS) is 14.5. The van der Waals surface area contributed by atoms with Crippen molar-refractivity contribution in [1.29, 1.82) is 0 Å². The summed E-state index contributed by atoms with van der Waals surface area (Å²) in [7, 11) is 0. The van der Waals surface area contributed by atoms with Gasteiger partial charge in [0.1, 0.15) is 26.9 Å². The van der Waals surface area contributed by atoms with Crippen LogP contribution in [0.25, 0.3) is 33.5 Å². The van der Waals surface area contributed by atoms with Crippen LogP contribution in [0.2, 0.25) is 0 Å². The number of thioether (sulfide) groups is 2. The van der Waals surface area contributed by atoms with E-state index in [9.17, 15) is 0 Å². The number of nitrogens with one attached hydrogen (secondary N) is 1. The molecule has 41 heavy (non-hydrogen) atoms. The van der Waals surface area contributed by atoms with Gasteiger partial charge < -0.3 is 4.57 Å². The molecule has 6 rings (SSSR count). The molecule has 0 spiro atoms. The van der Waals surface area contributed by atoms with Gasteiger partial charge in [0.05, 0.1) is 0 Å². The molecule has 10 heteroatoms. The second-order valence-electron chi connectivity index (χ2n) is 11.2. The van der Waals surface area contributed by atoms with E-state index in [1.165, 1.54) is 43.5 Å². The molecule has 2 aromatic carbocycles. The van der Waals surface area contributed by atoms with Crippen LogP contribution >= 0.6 is 23.5 Å². The largest absolute Gasteiger partial charge is 0.321 e. The third-order valence-electron chi connectivity index (χ3n) is 7.42. The van der Waals surface area contributed by atoms with Gasteiger partial charge in [0.25, 0.3) is 0 Å². The van der Waals surface area contributed by atoms with Crippen LogP contribution in [0, 0.1) is 0 Å². The maximum atomic E-state index is 5.36. The summed E-state index contributed by atoms with van der Waals surface area (Å²) in [5.41, 5.74) is 6.53. The molecule has 5 aromatic rings. The molecule has 1 fully saturated rings. The molecule has 0 aliphatic heterocycles. The molecule has 3 heterocycles. The van der Waals surface area contributed by atoms with Crippen LogP contribution in [0.3, 0.4) is 0 Å². The molecule has 0 atom stereocenters. The van der Waals surface area contributed by atoms with E-state index in [0.717, 1.165) is 44.3 Å². The van der Waals surface area contributed by atoms with Gasteiger partial charge in [-0.1, -0.05) is 119 Å². The summed E-state index contributed by atoms with van der Waals surface area (Å²) in [4.78, 5) is 5.36. The predicted molar refractivity (Wildman–Crippen MR) is 167 cm³/mol. The van der Waals surface area contributed by atoms with Crippen molar-refractivity contribution in [3.05, 3.63) is 59.9 Å². The number of aromatic amines is 1. The average Bonchev–Trinajstić information content (AvgIpc) is 3.64. The van der Waals surface area contributed by atoms with Crippen LogP contribution in [0.4, 0.5) is 0 Å². The van der Waals surface area contributed by atoms with Crippen molar-refractivity contribution in [2.45, 2.75) is 92.8 Å². The SMILES string of the molecule is CC(C)Sc1nnc(SC(C)C)c2c1nc(C1CCCCC1)n2Cc1ccc(-c2ccccc2-c2nn[nH]n2)cc1. The molecule has 1 aliphatic carbocycles. The highest BCUT2D eigenvalue weighted by Crippen LogP contribution is 2.40. The summed E-state index contributed by atoms with van der Waals surface area (Å²) in [5.74, 6) is 2.25. The van der Waals surface area contributed by atoms with Crippen LogP contribution in [-0.4, -0.2) is 50.9 Å². The lowest BCUT2D eigenvalue weighted by atomic mass is 9.88. The number of imidazole rings is 1. The van der Waals surface area contributed by atoms with Crippen molar-refractivity contribution in [3.63, 3.8) is 0 Å². The van der Waals surface area contributed by atoms with Crippen molar-refractivity contribution < 1.29 is 0 Å². The zero-order chi connectivity index (χ0) is 28.3. The first-order valence-electron chi connectivity index (χ1n) is 14.5. The van der Waals surface area contributed by atoms with Gasteiger partial charge in [0, 0.05) is 28.5 Å². The van der Waals surface area contributed by atoms with Crippen LogP contribution in [0.5, 0.6) is 0 Å². The van der Waals surface area contributed by atoms with E-state index in [4.69, 9.17) is 10.1 Å². The zero-order valence-electron chi connectivity index (χ0n) is 24.0. The van der Waals surface area contributed by atoms with Crippen LogP contribution in [-0.2, 0) is 6.54 Å². The van der Waals surface area contributed by atoms with E-state index in [0.29, 0.717) is 22.2 Å². The van der Waals surface area contributed by atoms with Gasteiger partial charge in [-0.05, 0) is 34.7 Å². The Morgan fingerprint density at radius 1 is 0.829 bits per heavy atom. The number of fused-ring (bicyclic) bond motifs is 1. The Bertz CT molecular complexity index is 1600. The van der Waals surface area contributed by atoms with Crippen molar-refractivity contribution in [2.24, 2.45) is 0 Å². The Morgan fingerprint density at radius 3 is 2.20 bits per heavy atom. The fourth-order valence-electron chi connectivity index (χ4n) is 5.64. The lowest BCUT2D eigenvalue weighted by Crippen LogP contribution is -2.13. The summed E-state index contributed by atoms with van der Waals surface area (Å²) >= 11 is 3.53. The second kappa shape index (κ2) is 12.3. The minimum atomic E-state index is 0.399. The first-order chi connectivity index (χ1) is 20.0. The van der Waals surface area contributed by atoms with Gasteiger partial charge in [-0.3, -0.25) is 0 Å². The van der Waals surface area contributed by atoms with Crippen molar-refractivity contribution in [3.8, 4) is 22.5 Å². The van der Waals surface area contributed by atoms with Crippen LogP contribution < -0.4 is 0 Å². The van der Waals surface area contributed by atoms with Gasteiger partial charge >= 0.3 is 0 Å². The van der Waals surface area contributed by atoms with Crippen LogP contribution in [0.15, 0.2) is 58.6 Å². The van der Waals surface area contributed by atoms with Gasteiger partial charge in [-0.25, -0.2) is 4.98 Å². The van der Waals surface area contributed by atoms with E-state index in [2.05, 4.69) is 88.3 Å². The molecule has 1 saturated carbocycles. The topological polar surface area (TPSA) is 98.1 Å². The van der Waals surface area contributed by atoms with E-state index in [1.54, 1.807) is 23.5 Å². The molecule has 8 nitrogen and oxygen atoms in total. The van der Waals surface area contributed by atoms with Gasteiger partial charge in [0.15, 0.2) is 0 Å².